The lowest BCUT2D eigenvalue weighted by Gasteiger charge is -2.31. The van der Waals surface area contributed by atoms with Gasteiger partial charge in [-0.3, -0.25) is 4.79 Å². The molecule has 0 heterocycles. The van der Waals surface area contributed by atoms with Gasteiger partial charge in [0.1, 0.15) is 12.6 Å². The number of benzene rings is 2. The summed E-state index contributed by atoms with van der Waals surface area (Å²) >= 11 is 0. The number of fused-ring (bicyclic) bond motifs is 3. The number of nitrogens with zero attached hydrogens (tertiary/aromatic N) is 1. The van der Waals surface area contributed by atoms with Crippen molar-refractivity contribution in [3.8, 4) is 11.1 Å². The standard InChI is InChI=1S/C27H33N3O5/c1-27(17-12-13-17,14-24(31)28-23(25(32)33)15-30(2)3)29-26(34)35-16-22-20-10-6-4-8-18(20)19-9-5-7-11-21(19)22/h4-11,17,22-23H,12-16H2,1-3H3,(H,28,31)(H,29,34)(H,32,33)/t23-,27?/m0/s1. The fourth-order valence-electron chi connectivity index (χ4n) is 5.01. The molecule has 0 spiro atoms. The summed E-state index contributed by atoms with van der Waals surface area (Å²) in [4.78, 5) is 38.8. The average molecular weight is 480 g/mol. The van der Waals surface area contributed by atoms with Crippen LogP contribution in [0.4, 0.5) is 4.79 Å². The molecule has 2 amide bonds. The molecule has 0 aliphatic heterocycles. The van der Waals surface area contributed by atoms with E-state index in [0.29, 0.717) is 0 Å². The van der Waals surface area contributed by atoms with E-state index in [1.54, 1.807) is 19.0 Å². The Kier molecular flexibility index (Phi) is 7.12. The highest BCUT2D eigenvalue weighted by molar-refractivity contribution is 5.85. The van der Waals surface area contributed by atoms with Crippen LogP contribution >= 0.6 is 0 Å². The second-order valence-corrected chi connectivity index (χ2v) is 10.0. The zero-order chi connectivity index (χ0) is 25.2. The zero-order valence-electron chi connectivity index (χ0n) is 20.4. The lowest BCUT2D eigenvalue weighted by atomic mass is 9.91. The van der Waals surface area contributed by atoms with Gasteiger partial charge in [0.15, 0.2) is 0 Å². The molecule has 1 fully saturated rings. The quantitative estimate of drug-likeness (QED) is 0.483. The van der Waals surface area contributed by atoms with Crippen LogP contribution < -0.4 is 10.6 Å². The van der Waals surface area contributed by atoms with Gasteiger partial charge in [-0.2, -0.15) is 0 Å². The van der Waals surface area contributed by atoms with Crippen LogP contribution in [0, 0.1) is 5.92 Å². The van der Waals surface area contributed by atoms with Crippen molar-refractivity contribution in [1.29, 1.82) is 0 Å². The molecule has 2 atom stereocenters. The molecule has 8 heteroatoms. The zero-order valence-corrected chi connectivity index (χ0v) is 20.4. The minimum Gasteiger partial charge on any atom is -0.480 e. The Labute approximate surface area is 205 Å². The number of carboxylic acid groups (broad SMARTS) is 1. The molecule has 8 nitrogen and oxygen atoms in total. The SMILES string of the molecule is CN(C)C[C@H](NC(=O)CC(C)(NC(=O)OCC1c2ccccc2-c2ccccc21)C1CC1)C(=O)O. The maximum atomic E-state index is 12.9. The highest BCUT2D eigenvalue weighted by atomic mass is 16.5. The van der Waals surface area contributed by atoms with Gasteiger partial charge in [-0.05, 0) is 62.0 Å². The maximum absolute atomic E-state index is 12.9. The van der Waals surface area contributed by atoms with Gasteiger partial charge in [0.05, 0.1) is 5.54 Å². The molecule has 0 bridgehead atoms. The Morgan fingerprint density at radius 2 is 1.63 bits per heavy atom. The number of hydrogen-bond acceptors (Lipinski definition) is 5. The molecular formula is C27H33N3O5. The van der Waals surface area contributed by atoms with E-state index in [1.807, 2.05) is 31.2 Å². The lowest BCUT2D eigenvalue weighted by Crippen LogP contribution is -2.54. The highest BCUT2D eigenvalue weighted by Gasteiger charge is 2.45. The molecule has 1 saturated carbocycles. The van der Waals surface area contributed by atoms with E-state index < -0.39 is 29.6 Å². The summed E-state index contributed by atoms with van der Waals surface area (Å²) in [7, 11) is 3.49. The van der Waals surface area contributed by atoms with Crippen molar-refractivity contribution >= 4 is 18.0 Å². The molecule has 2 aromatic rings. The van der Waals surface area contributed by atoms with E-state index in [4.69, 9.17) is 4.74 Å². The van der Waals surface area contributed by atoms with Crippen molar-refractivity contribution < 1.29 is 24.2 Å². The molecule has 35 heavy (non-hydrogen) atoms. The summed E-state index contributed by atoms with van der Waals surface area (Å²) in [6.07, 6.45) is 1.21. The first-order valence-electron chi connectivity index (χ1n) is 12.0. The molecule has 186 valence electrons. The van der Waals surface area contributed by atoms with E-state index in [-0.39, 0.29) is 31.4 Å². The summed E-state index contributed by atoms with van der Waals surface area (Å²) in [5.41, 5.74) is 3.76. The van der Waals surface area contributed by atoms with Crippen molar-refractivity contribution in [3.05, 3.63) is 59.7 Å². The predicted molar refractivity (Wildman–Crippen MR) is 132 cm³/mol. The largest absolute Gasteiger partial charge is 0.480 e. The summed E-state index contributed by atoms with van der Waals surface area (Å²) in [6.45, 7) is 2.20. The van der Waals surface area contributed by atoms with E-state index in [0.717, 1.165) is 35.1 Å². The number of amides is 2. The molecule has 2 aliphatic carbocycles. The van der Waals surface area contributed by atoms with Crippen LogP contribution in [0.25, 0.3) is 11.1 Å². The van der Waals surface area contributed by atoms with Crippen molar-refractivity contribution in [1.82, 2.24) is 15.5 Å². The van der Waals surface area contributed by atoms with E-state index in [9.17, 15) is 19.5 Å². The predicted octanol–water partition coefficient (Wildman–Crippen LogP) is 3.21. The van der Waals surface area contributed by atoms with Crippen molar-refractivity contribution in [3.63, 3.8) is 0 Å². The first-order chi connectivity index (χ1) is 16.7. The fraction of sp³-hybridized carbons (Fsp3) is 0.444. The molecule has 3 N–H and O–H groups in total. The topological polar surface area (TPSA) is 108 Å². The number of hydrogen-bond donors (Lipinski definition) is 3. The molecule has 0 saturated heterocycles. The van der Waals surface area contributed by atoms with Gasteiger partial charge in [-0.25, -0.2) is 9.59 Å². The number of carbonyl (C=O) groups is 3. The van der Waals surface area contributed by atoms with Crippen LogP contribution in [0.5, 0.6) is 0 Å². The summed E-state index contributed by atoms with van der Waals surface area (Å²) < 4.78 is 5.68. The van der Waals surface area contributed by atoms with Crippen LogP contribution in [-0.4, -0.2) is 66.8 Å². The molecular weight excluding hydrogens is 446 g/mol. The molecule has 0 radical (unpaired) electrons. The normalized spacial score (nSPS) is 17.1. The fourth-order valence-corrected chi connectivity index (χ4v) is 5.01. The Balaban J connectivity index is 1.39. The second kappa shape index (κ2) is 10.1. The number of carbonyl (C=O) groups excluding carboxylic acids is 2. The lowest BCUT2D eigenvalue weighted by molar-refractivity contribution is -0.142. The number of ether oxygens (including phenoxy) is 1. The van der Waals surface area contributed by atoms with Crippen LogP contribution in [0.2, 0.25) is 0 Å². The van der Waals surface area contributed by atoms with E-state index >= 15 is 0 Å². The number of likely N-dealkylation sites (N-methyl/N-ethyl adjacent to an activating group) is 1. The van der Waals surface area contributed by atoms with Gasteiger partial charge in [0.2, 0.25) is 5.91 Å². The Hall–Kier alpha value is -3.39. The third kappa shape index (κ3) is 5.65. The van der Waals surface area contributed by atoms with Gasteiger partial charge in [0, 0.05) is 18.9 Å². The van der Waals surface area contributed by atoms with Gasteiger partial charge in [-0.1, -0.05) is 48.5 Å². The number of nitrogens with one attached hydrogen (secondary N) is 2. The van der Waals surface area contributed by atoms with Crippen LogP contribution in [-0.2, 0) is 14.3 Å². The number of carboxylic acids is 1. The maximum Gasteiger partial charge on any atom is 0.407 e. The van der Waals surface area contributed by atoms with E-state index in [1.165, 1.54) is 0 Å². The number of rotatable bonds is 10. The second-order valence-electron chi connectivity index (χ2n) is 10.0. The van der Waals surface area contributed by atoms with Gasteiger partial charge in [0.25, 0.3) is 0 Å². The Morgan fingerprint density at radius 1 is 1.06 bits per heavy atom. The molecule has 0 aromatic heterocycles. The first kappa shape index (κ1) is 24.7. The molecule has 4 rings (SSSR count). The van der Waals surface area contributed by atoms with Gasteiger partial charge >= 0.3 is 12.1 Å². The summed E-state index contributed by atoms with van der Waals surface area (Å²) in [5, 5.41) is 14.9. The van der Waals surface area contributed by atoms with Crippen molar-refractivity contribution in [2.45, 2.75) is 43.7 Å². The van der Waals surface area contributed by atoms with E-state index in [2.05, 4.69) is 34.9 Å². The van der Waals surface area contributed by atoms with Crippen molar-refractivity contribution in [2.24, 2.45) is 5.92 Å². The molecule has 2 aliphatic rings. The summed E-state index contributed by atoms with van der Waals surface area (Å²) in [5.74, 6) is -1.41. The molecule has 1 unspecified atom stereocenters. The number of alkyl carbamates (subject to hydrolysis) is 1. The van der Waals surface area contributed by atoms with Gasteiger partial charge in [-0.15, -0.1) is 0 Å². The first-order valence-corrected chi connectivity index (χ1v) is 12.0. The smallest absolute Gasteiger partial charge is 0.407 e. The Bertz CT molecular complexity index is 1070. The molecule has 2 aromatic carbocycles. The van der Waals surface area contributed by atoms with Gasteiger partial charge < -0.3 is 25.4 Å². The third-order valence-electron chi connectivity index (χ3n) is 6.92. The minimum atomic E-state index is -1.09. The highest BCUT2D eigenvalue weighted by Crippen LogP contribution is 2.45. The van der Waals surface area contributed by atoms with Crippen LogP contribution in [0.3, 0.4) is 0 Å². The number of aliphatic carboxylic acids is 1. The van der Waals surface area contributed by atoms with Crippen LogP contribution in [0.1, 0.15) is 43.2 Å². The average Bonchev–Trinajstić information content (AvgIpc) is 3.61. The van der Waals surface area contributed by atoms with Crippen molar-refractivity contribution in [2.75, 3.05) is 27.2 Å². The minimum absolute atomic E-state index is 0.0148. The monoisotopic (exact) mass is 479 g/mol. The van der Waals surface area contributed by atoms with Crippen LogP contribution in [0.15, 0.2) is 48.5 Å². The summed E-state index contributed by atoms with van der Waals surface area (Å²) in [6, 6.07) is 15.3. The Morgan fingerprint density at radius 3 is 2.14 bits per heavy atom. The third-order valence-corrected chi connectivity index (χ3v) is 6.92.